The Morgan fingerprint density at radius 2 is 2.06 bits per heavy atom. The maximum atomic E-state index is 13.3. The van der Waals surface area contributed by atoms with Crippen LogP contribution in [-0.4, -0.2) is 43.9 Å². The van der Waals surface area contributed by atoms with Gasteiger partial charge in [-0.2, -0.15) is 5.10 Å². The molecule has 2 aromatic heterocycles. The minimum Gasteiger partial charge on any atom is -0.420 e. The number of carbonyl (C=O) groups is 1. The van der Waals surface area contributed by atoms with Crippen LogP contribution in [0.2, 0.25) is 0 Å². The molecule has 1 aliphatic carbocycles. The van der Waals surface area contributed by atoms with Crippen LogP contribution in [0.1, 0.15) is 68.4 Å². The minimum absolute atomic E-state index is 0.101. The smallest absolute Gasteiger partial charge is 0.268 e. The van der Waals surface area contributed by atoms with Crippen molar-refractivity contribution in [3.63, 3.8) is 0 Å². The molecule has 1 saturated carbocycles. The number of hydrogen-bond donors (Lipinski definition) is 0. The lowest BCUT2D eigenvalue weighted by molar-refractivity contribution is 0.0747. The third kappa shape index (κ3) is 5.26. The van der Waals surface area contributed by atoms with Crippen LogP contribution in [0.3, 0.4) is 0 Å². The highest BCUT2D eigenvalue weighted by Gasteiger charge is 2.27. The van der Waals surface area contributed by atoms with Crippen molar-refractivity contribution in [3.05, 3.63) is 47.5 Å². The molecule has 32 heavy (non-hydrogen) atoms. The molecule has 0 spiro atoms. The maximum absolute atomic E-state index is 13.3. The average Bonchev–Trinajstić information content (AvgIpc) is 3.32. The van der Waals surface area contributed by atoms with Gasteiger partial charge in [0.2, 0.25) is 5.89 Å². The average molecular weight is 436 g/mol. The summed E-state index contributed by atoms with van der Waals surface area (Å²) in [6.45, 7) is 9.97. The largest absolute Gasteiger partial charge is 0.420 e. The Bertz CT molecular complexity index is 1060. The molecule has 4 rings (SSSR count). The standard InChI is InChI=1S/C25H33N5O2/c1-5-13-29(16-19-10-11-19)25(31)20-7-6-8-21(14-20)30-22(12-9-17(2)3)15-23(28-30)24-27-26-18(4)32-24/h6-8,14-15,17,19H,5,9-13,16H2,1-4H3. The van der Waals surface area contributed by atoms with Crippen LogP contribution in [0.25, 0.3) is 17.3 Å². The van der Waals surface area contributed by atoms with E-state index in [1.807, 2.05) is 39.9 Å². The highest BCUT2D eigenvalue weighted by molar-refractivity contribution is 5.94. The normalized spacial score (nSPS) is 13.7. The summed E-state index contributed by atoms with van der Waals surface area (Å²) in [6, 6.07) is 9.80. The Labute approximate surface area is 189 Å². The van der Waals surface area contributed by atoms with Crippen LogP contribution in [-0.2, 0) is 6.42 Å². The van der Waals surface area contributed by atoms with E-state index < -0.39 is 0 Å². The van der Waals surface area contributed by atoms with Gasteiger partial charge in [-0.05, 0) is 68.2 Å². The van der Waals surface area contributed by atoms with Crippen LogP contribution >= 0.6 is 0 Å². The second-order valence-corrected chi connectivity index (χ2v) is 9.24. The number of aryl methyl sites for hydroxylation is 2. The van der Waals surface area contributed by atoms with Crippen molar-refractivity contribution in [1.82, 2.24) is 24.9 Å². The van der Waals surface area contributed by atoms with Gasteiger partial charge in [0.15, 0.2) is 0 Å². The van der Waals surface area contributed by atoms with Gasteiger partial charge in [0.25, 0.3) is 11.8 Å². The molecule has 0 saturated heterocycles. The summed E-state index contributed by atoms with van der Waals surface area (Å²) in [5.74, 6) is 2.27. The highest BCUT2D eigenvalue weighted by atomic mass is 16.4. The summed E-state index contributed by atoms with van der Waals surface area (Å²) < 4.78 is 7.52. The summed E-state index contributed by atoms with van der Waals surface area (Å²) in [4.78, 5) is 15.3. The molecule has 0 N–H and O–H groups in total. The Hall–Kier alpha value is -2.96. The first kappa shape index (κ1) is 22.2. The van der Waals surface area contributed by atoms with Crippen molar-refractivity contribution < 1.29 is 9.21 Å². The molecule has 7 heteroatoms. The van der Waals surface area contributed by atoms with Crippen molar-refractivity contribution in [1.29, 1.82) is 0 Å². The summed E-state index contributed by atoms with van der Waals surface area (Å²) in [5.41, 5.74) is 3.30. The first-order valence-electron chi connectivity index (χ1n) is 11.7. The van der Waals surface area contributed by atoms with E-state index in [9.17, 15) is 4.79 Å². The van der Waals surface area contributed by atoms with E-state index in [0.29, 0.717) is 34.9 Å². The lowest BCUT2D eigenvalue weighted by Gasteiger charge is -2.22. The van der Waals surface area contributed by atoms with E-state index >= 15 is 0 Å². The van der Waals surface area contributed by atoms with E-state index in [1.54, 1.807) is 6.92 Å². The topological polar surface area (TPSA) is 77.1 Å². The summed E-state index contributed by atoms with van der Waals surface area (Å²) in [6.07, 6.45) is 5.34. The predicted molar refractivity (Wildman–Crippen MR) is 124 cm³/mol. The Kier molecular flexibility index (Phi) is 6.72. The molecule has 2 heterocycles. The lowest BCUT2D eigenvalue weighted by atomic mass is 10.1. The van der Waals surface area contributed by atoms with Gasteiger partial charge in [-0.3, -0.25) is 4.79 Å². The zero-order chi connectivity index (χ0) is 22.7. The first-order chi connectivity index (χ1) is 15.4. The first-order valence-corrected chi connectivity index (χ1v) is 11.7. The van der Waals surface area contributed by atoms with Crippen LogP contribution in [0.4, 0.5) is 0 Å². The molecule has 7 nitrogen and oxygen atoms in total. The van der Waals surface area contributed by atoms with Crippen molar-refractivity contribution >= 4 is 5.91 Å². The van der Waals surface area contributed by atoms with E-state index in [-0.39, 0.29) is 5.91 Å². The fraction of sp³-hybridized carbons (Fsp3) is 0.520. The van der Waals surface area contributed by atoms with Crippen LogP contribution in [0.15, 0.2) is 34.7 Å². The third-order valence-electron chi connectivity index (χ3n) is 5.80. The number of nitrogens with zero attached hydrogens (tertiary/aromatic N) is 5. The SMILES string of the molecule is CCCN(CC1CC1)C(=O)c1cccc(-n2nc(-c3nnc(C)o3)cc2CCC(C)C)c1. The van der Waals surface area contributed by atoms with E-state index in [2.05, 4.69) is 31.0 Å². The van der Waals surface area contributed by atoms with Crippen molar-refractivity contribution in [2.45, 2.75) is 59.8 Å². The predicted octanol–water partition coefficient (Wildman–Crippen LogP) is 5.08. The molecule has 3 aromatic rings. The van der Waals surface area contributed by atoms with Gasteiger partial charge >= 0.3 is 0 Å². The van der Waals surface area contributed by atoms with Gasteiger partial charge in [0, 0.05) is 31.3 Å². The van der Waals surface area contributed by atoms with Crippen molar-refractivity contribution in [2.75, 3.05) is 13.1 Å². The number of hydrogen-bond acceptors (Lipinski definition) is 5. The second kappa shape index (κ2) is 9.67. The minimum atomic E-state index is 0.101. The van der Waals surface area contributed by atoms with Gasteiger partial charge < -0.3 is 9.32 Å². The quantitative estimate of drug-likeness (QED) is 0.444. The summed E-state index contributed by atoms with van der Waals surface area (Å²) in [5, 5.41) is 12.8. The molecular formula is C25H33N5O2. The fourth-order valence-corrected chi connectivity index (χ4v) is 3.87. The number of carbonyl (C=O) groups excluding carboxylic acids is 1. The molecule has 0 unspecified atom stereocenters. The lowest BCUT2D eigenvalue weighted by Crippen LogP contribution is -2.33. The number of benzene rings is 1. The van der Waals surface area contributed by atoms with Crippen molar-refractivity contribution in [2.24, 2.45) is 11.8 Å². The molecule has 1 fully saturated rings. The van der Waals surface area contributed by atoms with E-state index in [1.165, 1.54) is 12.8 Å². The maximum Gasteiger partial charge on any atom is 0.268 e. The van der Waals surface area contributed by atoms with Crippen LogP contribution < -0.4 is 0 Å². The van der Waals surface area contributed by atoms with Gasteiger partial charge in [-0.25, -0.2) is 4.68 Å². The molecule has 0 radical (unpaired) electrons. The van der Waals surface area contributed by atoms with Gasteiger partial charge in [0.05, 0.1) is 5.69 Å². The van der Waals surface area contributed by atoms with Crippen LogP contribution in [0, 0.1) is 18.8 Å². The fourth-order valence-electron chi connectivity index (χ4n) is 3.87. The summed E-state index contributed by atoms with van der Waals surface area (Å²) >= 11 is 0. The molecule has 0 aliphatic heterocycles. The Morgan fingerprint density at radius 3 is 2.72 bits per heavy atom. The molecule has 1 aromatic carbocycles. The molecule has 0 bridgehead atoms. The van der Waals surface area contributed by atoms with Crippen LogP contribution in [0.5, 0.6) is 0 Å². The molecule has 1 amide bonds. The zero-order valence-corrected chi connectivity index (χ0v) is 19.5. The van der Waals surface area contributed by atoms with E-state index in [0.717, 1.165) is 43.7 Å². The van der Waals surface area contributed by atoms with Gasteiger partial charge in [-0.15, -0.1) is 10.2 Å². The molecule has 170 valence electrons. The van der Waals surface area contributed by atoms with Gasteiger partial charge in [0.1, 0.15) is 5.69 Å². The summed E-state index contributed by atoms with van der Waals surface area (Å²) in [7, 11) is 0. The Balaban J connectivity index is 1.65. The zero-order valence-electron chi connectivity index (χ0n) is 19.5. The second-order valence-electron chi connectivity index (χ2n) is 9.24. The monoisotopic (exact) mass is 435 g/mol. The third-order valence-corrected chi connectivity index (χ3v) is 5.80. The number of aromatic nitrogens is 4. The number of rotatable bonds is 10. The molecule has 1 aliphatic rings. The number of amides is 1. The van der Waals surface area contributed by atoms with Gasteiger partial charge in [-0.1, -0.05) is 26.8 Å². The highest BCUT2D eigenvalue weighted by Crippen LogP contribution is 2.30. The Morgan fingerprint density at radius 1 is 1.25 bits per heavy atom. The van der Waals surface area contributed by atoms with Crippen molar-refractivity contribution in [3.8, 4) is 17.3 Å². The molecule has 0 atom stereocenters. The van der Waals surface area contributed by atoms with E-state index in [4.69, 9.17) is 9.52 Å². The molecular weight excluding hydrogens is 402 g/mol.